The minimum absolute atomic E-state index is 0.140. The largest absolute Gasteiger partial charge is 0.204 e. The second kappa shape index (κ2) is 2.67. The first-order valence-corrected chi connectivity index (χ1v) is 3.01. The number of halogens is 2. The maximum absolute atomic E-state index is 12.6. The molecule has 0 fully saturated rings. The van der Waals surface area contributed by atoms with E-state index in [1.807, 2.05) is 0 Å². The quantitative estimate of drug-likeness (QED) is 0.560. The lowest BCUT2D eigenvalue weighted by molar-refractivity contribution is 0.503. The molecule has 1 rings (SSSR count). The van der Waals surface area contributed by atoms with Crippen LogP contribution in [0.2, 0.25) is 0 Å². The standard InChI is InChI=1S/C8H5F2N/c1-5-2-6(4-11)3-7(9)8(5)10/h2-3H,1H3. The zero-order valence-electron chi connectivity index (χ0n) is 5.86. The van der Waals surface area contributed by atoms with Crippen LogP contribution in [0.3, 0.4) is 0 Å². The van der Waals surface area contributed by atoms with Gasteiger partial charge in [-0.2, -0.15) is 5.26 Å². The Kier molecular flexibility index (Phi) is 1.86. The molecule has 0 aliphatic carbocycles. The van der Waals surface area contributed by atoms with Gasteiger partial charge in [-0.25, -0.2) is 8.78 Å². The van der Waals surface area contributed by atoms with Gasteiger partial charge in [0, 0.05) is 0 Å². The van der Waals surface area contributed by atoms with Crippen LogP contribution in [0.4, 0.5) is 8.78 Å². The molecule has 0 unspecified atom stereocenters. The molecule has 0 atom stereocenters. The maximum Gasteiger partial charge on any atom is 0.161 e. The van der Waals surface area contributed by atoms with Crippen LogP contribution in [-0.2, 0) is 0 Å². The summed E-state index contributed by atoms with van der Waals surface area (Å²) in [6.45, 7) is 1.42. The molecule has 0 amide bonds. The van der Waals surface area contributed by atoms with Gasteiger partial charge in [-0.05, 0) is 24.6 Å². The topological polar surface area (TPSA) is 23.8 Å². The van der Waals surface area contributed by atoms with Crippen LogP contribution in [0, 0.1) is 29.9 Å². The average molecular weight is 153 g/mol. The number of hydrogen-bond acceptors (Lipinski definition) is 1. The fourth-order valence-electron chi connectivity index (χ4n) is 0.791. The Bertz CT molecular complexity index is 302. The number of nitrogens with zero attached hydrogens (tertiary/aromatic N) is 1. The summed E-state index contributed by atoms with van der Waals surface area (Å²) >= 11 is 0. The van der Waals surface area contributed by atoms with Gasteiger partial charge >= 0.3 is 0 Å². The van der Waals surface area contributed by atoms with Crippen molar-refractivity contribution in [3.8, 4) is 6.07 Å². The third kappa shape index (κ3) is 1.35. The van der Waals surface area contributed by atoms with Gasteiger partial charge in [-0.1, -0.05) is 0 Å². The van der Waals surface area contributed by atoms with E-state index in [4.69, 9.17) is 5.26 Å². The van der Waals surface area contributed by atoms with Crippen LogP contribution in [0.25, 0.3) is 0 Å². The Hall–Kier alpha value is -1.43. The summed E-state index contributed by atoms with van der Waals surface area (Å²) in [6, 6.07) is 3.91. The second-order valence-corrected chi connectivity index (χ2v) is 2.20. The predicted octanol–water partition coefficient (Wildman–Crippen LogP) is 2.14. The summed E-state index contributed by atoms with van der Waals surface area (Å²) in [5, 5.41) is 8.34. The zero-order valence-corrected chi connectivity index (χ0v) is 5.86. The van der Waals surface area contributed by atoms with Crippen LogP contribution in [0.15, 0.2) is 12.1 Å². The van der Waals surface area contributed by atoms with E-state index in [1.54, 1.807) is 6.07 Å². The Morgan fingerprint density at radius 1 is 1.36 bits per heavy atom. The summed E-state index contributed by atoms with van der Waals surface area (Å²) in [4.78, 5) is 0. The Morgan fingerprint density at radius 3 is 2.45 bits per heavy atom. The molecule has 3 heteroatoms. The summed E-state index contributed by atoms with van der Waals surface area (Å²) in [7, 11) is 0. The van der Waals surface area contributed by atoms with Crippen LogP contribution < -0.4 is 0 Å². The van der Waals surface area contributed by atoms with E-state index in [9.17, 15) is 8.78 Å². The van der Waals surface area contributed by atoms with Crippen LogP contribution >= 0.6 is 0 Å². The van der Waals surface area contributed by atoms with Gasteiger partial charge < -0.3 is 0 Å². The first-order valence-electron chi connectivity index (χ1n) is 3.01. The molecule has 0 heterocycles. The van der Waals surface area contributed by atoms with E-state index < -0.39 is 11.6 Å². The van der Waals surface area contributed by atoms with E-state index in [-0.39, 0.29) is 11.1 Å². The summed E-state index contributed by atoms with van der Waals surface area (Å²) < 4.78 is 25.1. The molecule has 1 aromatic carbocycles. The number of rotatable bonds is 0. The van der Waals surface area contributed by atoms with Crippen LogP contribution in [0.5, 0.6) is 0 Å². The Morgan fingerprint density at radius 2 is 2.00 bits per heavy atom. The lowest BCUT2D eigenvalue weighted by Gasteiger charge is -1.96. The van der Waals surface area contributed by atoms with Crippen molar-refractivity contribution >= 4 is 0 Å². The van der Waals surface area contributed by atoms with Crippen molar-refractivity contribution in [3.05, 3.63) is 34.9 Å². The normalized spacial score (nSPS) is 9.27. The Balaban J connectivity index is 3.35. The highest BCUT2D eigenvalue weighted by atomic mass is 19.2. The highest BCUT2D eigenvalue weighted by Crippen LogP contribution is 2.12. The molecule has 11 heavy (non-hydrogen) atoms. The van der Waals surface area contributed by atoms with E-state index in [0.717, 1.165) is 6.07 Å². The number of benzene rings is 1. The molecular weight excluding hydrogens is 148 g/mol. The van der Waals surface area contributed by atoms with Gasteiger partial charge in [0.05, 0.1) is 11.6 Å². The highest BCUT2D eigenvalue weighted by Gasteiger charge is 2.05. The maximum atomic E-state index is 12.6. The average Bonchev–Trinajstić information content (AvgIpc) is 1.99. The molecule has 0 aliphatic rings. The molecular formula is C8H5F2N. The van der Waals surface area contributed by atoms with Gasteiger partial charge in [0.25, 0.3) is 0 Å². The SMILES string of the molecule is Cc1cc(C#N)cc(F)c1F. The van der Waals surface area contributed by atoms with Crippen LogP contribution in [0.1, 0.15) is 11.1 Å². The first-order chi connectivity index (χ1) is 5.15. The van der Waals surface area contributed by atoms with E-state index >= 15 is 0 Å². The van der Waals surface area contributed by atoms with Crippen molar-refractivity contribution in [2.24, 2.45) is 0 Å². The number of hydrogen-bond donors (Lipinski definition) is 0. The lowest BCUT2D eigenvalue weighted by atomic mass is 10.1. The molecule has 0 aromatic heterocycles. The van der Waals surface area contributed by atoms with Crippen molar-refractivity contribution in [2.75, 3.05) is 0 Å². The van der Waals surface area contributed by atoms with Gasteiger partial charge in [0.1, 0.15) is 0 Å². The van der Waals surface area contributed by atoms with Gasteiger partial charge in [-0.15, -0.1) is 0 Å². The first kappa shape index (κ1) is 7.67. The summed E-state index contributed by atoms with van der Waals surface area (Å²) in [5.41, 5.74) is 0.294. The lowest BCUT2D eigenvalue weighted by Crippen LogP contribution is -1.90. The summed E-state index contributed by atoms with van der Waals surface area (Å²) in [6.07, 6.45) is 0. The van der Waals surface area contributed by atoms with Crippen molar-refractivity contribution in [2.45, 2.75) is 6.92 Å². The fourth-order valence-corrected chi connectivity index (χ4v) is 0.791. The Labute approximate surface area is 62.9 Å². The van der Waals surface area contributed by atoms with Crippen molar-refractivity contribution in [1.82, 2.24) is 0 Å². The third-order valence-electron chi connectivity index (χ3n) is 1.34. The van der Waals surface area contributed by atoms with E-state index in [0.29, 0.717) is 0 Å². The highest BCUT2D eigenvalue weighted by molar-refractivity contribution is 5.33. The minimum atomic E-state index is -0.971. The molecule has 0 N–H and O–H groups in total. The van der Waals surface area contributed by atoms with Gasteiger partial charge in [-0.3, -0.25) is 0 Å². The molecule has 56 valence electrons. The number of aryl methyl sites for hydroxylation is 1. The van der Waals surface area contributed by atoms with Gasteiger partial charge in [0.2, 0.25) is 0 Å². The van der Waals surface area contributed by atoms with E-state index in [1.165, 1.54) is 13.0 Å². The molecule has 0 saturated carbocycles. The molecule has 1 aromatic rings. The molecule has 0 saturated heterocycles. The summed E-state index contributed by atoms with van der Waals surface area (Å²) in [5.74, 6) is -1.86. The monoisotopic (exact) mass is 153 g/mol. The molecule has 0 radical (unpaired) electrons. The van der Waals surface area contributed by atoms with Crippen molar-refractivity contribution in [1.29, 1.82) is 5.26 Å². The molecule has 0 bridgehead atoms. The van der Waals surface area contributed by atoms with Crippen molar-refractivity contribution in [3.63, 3.8) is 0 Å². The number of nitriles is 1. The van der Waals surface area contributed by atoms with Gasteiger partial charge in [0.15, 0.2) is 11.6 Å². The van der Waals surface area contributed by atoms with Crippen LogP contribution in [-0.4, -0.2) is 0 Å². The van der Waals surface area contributed by atoms with E-state index in [2.05, 4.69) is 0 Å². The van der Waals surface area contributed by atoms with Crippen molar-refractivity contribution < 1.29 is 8.78 Å². The predicted molar refractivity (Wildman–Crippen MR) is 35.8 cm³/mol. The smallest absolute Gasteiger partial charge is 0.161 e. The molecule has 1 nitrogen and oxygen atoms in total. The minimum Gasteiger partial charge on any atom is -0.204 e. The third-order valence-corrected chi connectivity index (χ3v) is 1.34. The fraction of sp³-hybridized carbons (Fsp3) is 0.125. The second-order valence-electron chi connectivity index (χ2n) is 2.20. The molecule has 0 aliphatic heterocycles. The molecule has 0 spiro atoms. The zero-order chi connectivity index (χ0) is 8.43.